The number of tetrazole rings is 1. The third kappa shape index (κ3) is 5.37. The van der Waals surface area contributed by atoms with Crippen LogP contribution in [0.5, 0.6) is 5.75 Å². The maximum absolute atomic E-state index is 14.7. The largest absolute Gasteiger partial charge is 0.494 e. The van der Waals surface area contributed by atoms with Crippen LogP contribution in [0.1, 0.15) is 41.8 Å². The van der Waals surface area contributed by atoms with Crippen LogP contribution in [0.4, 0.5) is 22.0 Å². The fourth-order valence-electron chi connectivity index (χ4n) is 4.06. The van der Waals surface area contributed by atoms with Crippen LogP contribution in [-0.2, 0) is 10.3 Å². The van der Waals surface area contributed by atoms with Crippen molar-refractivity contribution in [3.8, 4) is 5.75 Å². The highest BCUT2D eigenvalue weighted by Gasteiger charge is 2.49. The Morgan fingerprint density at radius 3 is 2.36 bits per heavy atom. The van der Waals surface area contributed by atoms with E-state index in [1.165, 1.54) is 24.3 Å². The molecule has 2 heterocycles. The smallest absolute Gasteiger partial charge is 0.389 e. The summed E-state index contributed by atoms with van der Waals surface area (Å²) in [6, 6.07) is 12.6. The predicted molar refractivity (Wildman–Crippen MR) is 120 cm³/mol. The number of hydrogen-bond acceptors (Lipinski definition) is 5. The second-order valence-corrected chi connectivity index (χ2v) is 8.45. The van der Waals surface area contributed by atoms with Gasteiger partial charge in [-0.1, -0.05) is 42.0 Å². The van der Waals surface area contributed by atoms with Gasteiger partial charge in [0.15, 0.2) is 0 Å². The molecule has 3 aromatic rings. The van der Waals surface area contributed by atoms with Gasteiger partial charge in [-0.05, 0) is 47.4 Å². The Bertz CT molecular complexity index is 1230. The van der Waals surface area contributed by atoms with Crippen molar-refractivity contribution in [2.45, 2.75) is 44.3 Å². The summed E-state index contributed by atoms with van der Waals surface area (Å²) in [5.41, 5.74) is -0.0810. The van der Waals surface area contributed by atoms with E-state index in [0.717, 1.165) is 5.56 Å². The molecule has 12 heteroatoms. The van der Waals surface area contributed by atoms with Gasteiger partial charge in [0, 0.05) is 12.8 Å². The van der Waals surface area contributed by atoms with Gasteiger partial charge in [0.25, 0.3) is 12.3 Å². The number of carbonyl (C=O) groups excluding carboxylic acids is 1. The highest BCUT2D eigenvalue weighted by Crippen LogP contribution is 2.44. The number of ether oxygens (including phenoxy) is 1. The normalized spacial score (nSPS) is 18.5. The summed E-state index contributed by atoms with van der Waals surface area (Å²) in [6.45, 7) is 1.70. The van der Waals surface area contributed by atoms with Crippen LogP contribution < -0.4 is 10.1 Å². The number of nitrogens with one attached hydrogen (secondary N) is 2. The Morgan fingerprint density at radius 2 is 1.78 bits per heavy atom. The van der Waals surface area contributed by atoms with Crippen molar-refractivity contribution < 1.29 is 31.5 Å². The highest BCUT2D eigenvalue weighted by molar-refractivity contribution is 6.27. The molecule has 1 aliphatic rings. The lowest BCUT2D eigenvalue weighted by atomic mass is 9.77. The van der Waals surface area contributed by atoms with Crippen LogP contribution in [-0.4, -0.2) is 45.7 Å². The first-order valence-electron chi connectivity index (χ1n) is 11.0. The molecule has 4 rings (SSSR count). The van der Waals surface area contributed by atoms with Crippen LogP contribution in [0.15, 0.2) is 48.5 Å². The number of hydrogen-bond donors (Lipinski definition) is 2. The van der Waals surface area contributed by atoms with Crippen LogP contribution >= 0.6 is 0 Å². The fraction of sp³-hybridized carbons (Fsp3) is 0.333. The second-order valence-electron chi connectivity index (χ2n) is 8.45. The number of rotatable bonds is 8. The number of alkyl halides is 5. The van der Waals surface area contributed by atoms with Gasteiger partial charge in [0.2, 0.25) is 5.82 Å². The van der Waals surface area contributed by atoms with Gasteiger partial charge in [0.05, 0.1) is 12.2 Å². The topological polar surface area (TPSA) is 92.8 Å². The molecular weight excluding hydrogens is 485 g/mol. The predicted octanol–water partition coefficient (Wildman–Crippen LogP) is 4.82. The molecule has 0 fully saturated rings. The Hall–Kier alpha value is -3.83. The number of carbonyl (C=O) groups is 1. The summed E-state index contributed by atoms with van der Waals surface area (Å²) in [5, 5.41) is 15.9. The van der Waals surface area contributed by atoms with E-state index in [1.54, 1.807) is 24.3 Å². The molecule has 2 N–H and O–H groups in total. The molecule has 0 saturated heterocycles. The van der Waals surface area contributed by atoms with Crippen molar-refractivity contribution >= 4 is 17.1 Å². The number of benzene rings is 2. The minimum absolute atomic E-state index is 0.0199. The number of aromatic nitrogens is 4. The molecule has 0 radical (unpaired) electrons. The first-order chi connectivity index (χ1) is 17.1. The summed E-state index contributed by atoms with van der Waals surface area (Å²) in [5.74, 6) is -0.575. The van der Waals surface area contributed by atoms with Gasteiger partial charge < -0.3 is 10.1 Å². The standard InChI is InChI=1S/C24H22F5N5O2/c1-14-3-5-15(6-4-14)18-13-23(22(25)26,30-21(35)19(18)20-31-33-34-32-20)16-7-9-17(10-8-16)36-12-2-11-24(27,28)29/h3-10,22H,2,11-13H2,1H3,(H,30,35)(H,31,32,33,34). The molecule has 0 bridgehead atoms. The number of halogens is 5. The molecule has 1 atom stereocenters. The number of aromatic amines is 1. The Morgan fingerprint density at radius 1 is 1.08 bits per heavy atom. The Kier molecular flexibility index (Phi) is 7.04. The summed E-state index contributed by atoms with van der Waals surface area (Å²) >= 11 is 0. The molecule has 2 aromatic carbocycles. The molecule has 0 spiro atoms. The van der Waals surface area contributed by atoms with Gasteiger partial charge >= 0.3 is 6.18 Å². The highest BCUT2D eigenvalue weighted by atomic mass is 19.4. The maximum atomic E-state index is 14.7. The molecule has 1 unspecified atom stereocenters. The van der Waals surface area contributed by atoms with Crippen molar-refractivity contribution in [3.05, 3.63) is 71.0 Å². The number of amides is 1. The van der Waals surface area contributed by atoms with Crippen molar-refractivity contribution in [2.24, 2.45) is 0 Å². The van der Waals surface area contributed by atoms with Crippen molar-refractivity contribution in [3.63, 3.8) is 0 Å². The molecular formula is C24H22F5N5O2. The zero-order valence-corrected chi connectivity index (χ0v) is 19.1. The number of aryl methyl sites for hydroxylation is 1. The van der Waals surface area contributed by atoms with E-state index in [9.17, 15) is 26.7 Å². The van der Waals surface area contributed by atoms with E-state index in [4.69, 9.17) is 4.74 Å². The lowest BCUT2D eigenvalue weighted by Crippen LogP contribution is -2.54. The lowest BCUT2D eigenvalue weighted by molar-refractivity contribution is -0.136. The average Bonchev–Trinajstić information content (AvgIpc) is 3.36. The molecule has 0 aliphatic carbocycles. The van der Waals surface area contributed by atoms with Gasteiger partial charge in [0.1, 0.15) is 11.3 Å². The maximum Gasteiger partial charge on any atom is 0.389 e. The van der Waals surface area contributed by atoms with Crippen molar-refractivity contribution in [1.82, 2.24) is 25.9 Å². The summed E-state index contributed by atoms with van der Waals surface area (Å²) in [7, 11) is 0. The third-order valence-corrected chi connectivity index (χ3v) is 5.91. The molecule has 1 aromatic heterocycles. The molecule has 1 amide bonds. The van der Waals surface area contributed by atoms with Crippen molar-refractivity contribution in [1.29, 1.82) is 0 Å². The SMILES string of the molecule is Cc1ccc(C2=C(c3nn[nH]n3)C(=O)NC(c3ccc(OCCCC(F)(F)F)cc3)(C(F)F)C2)cc1. The quantitative estimate of drug-likeness (QED) is 0.337. The van der Waals surface area contributed by atoms with Crippen molar-refractivity contribution in [2.75, 3.05) is 6.61 Å². The fourth-order valence-corrected chi connectivity index (χ4v) is 4.06. The first-order valence-corrected chi connectivity index (χ1v) is 11.0. The Labute approximate surface area is 202 Å². The number of nitrogens with zero attached hydrogens (tertiary/aromatic N) is 3. The summed E-state index contributed by atoms with van der Waals surface area (Å²) in [6.07, 6.45) is -8.75. The van der Waals surface area contributed by atoms with E-state index in [-0.39, 0.29) is 42.2 Å². The van der Waals surface area contributed by atoms with Crippen LogP contribution in [0.3, 0.4) is 0 Å². The minimum atomic E-state index is -4.28. The molecule has 0 saturated carbocycles. The zero-order valence-electron chi connectivity index (χ0n) is 19.1. The molecule has 7 nitrogen and oxygen atoms in total. The monoisotopic (exact) mass is 507 g/mol. The van der Waals surface area contributed by atoms with Crippen LogP contribution in [0.2, 0.25) is 0 Å². The first kappa shape index (κ1) is 25.3. The third-order valence-electron chi connectivity index (χ3n) is 5.91. The average molecular weight is 507 g/mol. The van der Waals surface area contributed by atoms with Gasteiger partial charge in [-0.15, -0.1) is 10.2 Å². The lowest BCUT2D eigenvalue weighted by Gasteiger charge is -2.39. The summed E-state index contributed by atoms with van der Waals surface area (Å²) in [4.78, 5) is 13.2. The second kappa shape index (κ2) is 10.0. The van der Waals surface area contributed by atoms with E-state index in [0.29, 0.717) is 11.1 Å². The summed E-state index contributed by atoms with van der Waals surface area (Å²) < 4.78 is 71.6. The van der Waals surface area contributed by atoms with Gasteiger partial charge in [-0.3, -0.25) is 4.79 Å². The number of H-pyrrole nitrogens is 1. The van der Waals surface area contributed by atoms with Gasteiger partial charge in [-0.2, -0.15) is 18.4 Å². The van der Waals surface area contributed by atoms with E-state index in [2.05, 4.69) is 25.9 Å². The van der Waals surface area contributed by atoms with E-state index < -0.39 is 30.5 Å². The molecule has 1 aliphatic heterocycles. The van der Waals surface area contributed by atoms with E-state index in [1.807, 2.05) is 6.92 Å². The van der Waals surface area contributed by atoms with E-state index >= 15 is 0 Å². The van der Waals surface area contributed by atoms with Gasteiger partial charge in [-0.25, -0.2) is 8.78 Å². The van der Waals surface area contributed by atoms with Crippen LogP contribution in [0, 0.1) is 6.92 Å². The molecule has 190 valence electrons. The Balaban J connectivity index is 1.67. The zero-order chi connectivity index (χ0) is 25.9. The molecule has 36 heavy (non-hydrogen) atoms. The van der Waals surface area contributed by atoms with Crippen LogP contribution in [0.25, 0.3) is 11.1 Å². The minimum Gasteiger partial charge on any atom is -0.494 e.